The smallest absolute Gasteiger partial charge is 0.133 e. The third-order valence-corrected chi connectivity index (χ3v) is 3.86. The molecule has 0 aliphatic heterocycles. The lowest BCUT2D eigenvalue weighted by Gasteiger charge is -2.18. The van der Waals surface area contributed by atoms with E-state index in [1.165, 1.54) is 12.1 Å². The molecule has 1 N–H and O–H groups in total. The lowest BCUT2D eigenvalue weighted by atomic mass is 10.1. The van der Waals surface area contributed by atoms with Gasteiger partial charge in [0.1, 0.15) is 11.6 Å². The second-order valence-corrected chi connectivity index (χ2v) is 5.57. The van der Waals surface area contributed by atoms with Crippen LogP contribution in [0, 0.1) is 12.7 Å². The van der Waals surface area contributed by atoms with Crippen molar-refractivity contribution >= 4 is 21.6 Å². The summed E-state index contributed by atoms with van der Waals surface area (Å²) >= 11 is 3.48. The molecule has 20 heavy (non-hydrogen) atoms. The molecule has 0 fully saturated rings. The van der Waals surface area contributed by atoms with Crippen LogP contribution in [0.25, 0.3) is 0 Å². The molecule has 0 aliphatic rings. The van der Waals surface area contributed by atoms with Crippen molar-refractivity contribution in [3.05, 3.63) is 57.8 Å². The van der Waals surface area contributed by atoms with Crippen molar-refractivity contribution < 1.29 is 9.13 Å². The molecule has 1 atom stereocenters. The van der Waals surface area contributed by atoms with Gasteiger partial charge in [0, 0.05) is 11.7 Å². The SMILES string of the molecule is COc1ccc(C(C)Nc2ccc(F)cc2C)cc1Br. The fourth-order valence-corrected chi connectivity index (χ4v) is 2.62. The largest absolute Gasteiger partial charge is 0.496 e. The van der Waals surface area contributed by atoms with E-state index < -0.39 is 0 Å². The molecule has 0 aliphatic carbocycles. The molecule has 2 aromatic rings. The molecular weight excluding hydrogens is 321 g/mol. The van der Waals surface area contributed by atoms with Gasteiger partial charge < -0.3 is 10.1 Å². The molecule has 0 radical (unpaired) electrons. The van der Waals surface area contributed by atoms with Gasteiger partial charge in [-0.25, -0.2) is 4.39 Å². The molecule has 1 unspecified atom stereocenters. The van der Waals surface area contributed by atoms with Crippen molar-refractivity contribution in [3.8, 4) is 5.75 Å². The fraction of sp³-hybridized carbons (Fsp3) is 0.250. The minimum Gasteiger partial charge on any atom is -0.496 e. The summed E-state index contributed by atoms with van der Waals surface area (Å²) in [6.45, 7) is 3.96. The Kier molecular flexibility index (Phi) is 4.65. The van der Waals surface area contributed by atoms with Gasteiger partial charge in [-0.15, -0.1) is 0 Å². The van der Waals surface area contributed by atoms with Gasteiger partial charge in [-0.2, -0.15) is 0 Å². The quantitative estimate of drug-likeness (QED) is 0.840. The molecule has 2 rings (SSSR count). The van der Waals surface area contributed by atoms with Crippen LogP contribution in [0.15, 0.2) is 40.9 Å². The summed E-state index contributed by atoms with van der Waals surface area (Å²) in [6.07, 6.45) is 0. The summed E-state index contributed by atoms with van der Waals surface area (Å²) in [5.74, 6) is 0.590. The van der Waals surface area contributed by atoms with Gasteiger partial charge in [-0.3, -0.25) is 0 Å². The van der Waals surface area contributed by atoms with E-state index in [-0.39, 0.29) is 11.9 Å². The lowest BCUT2D eigenvalue weighted by molar-refractivity contribution is 0.412. The van der Waals surface area contributed by atoms with Crippen molar-refractivity contribution in [2.45, 2.75) is 19.9 Å². The summed E-state index contributed by atoms with van der Waals surface area (Å²) in [7, 11) is 1.64. The summed E-state index contributed by atoms with van der Waals surface area (Å²) in [4.78, 5) is 0. The first kappa shape index (κ1) is 14.9. The van der Waals surface area contributed by atoms with Gasteiger partial charge in [0.25, 0.3) is 0 Å². The van der Waals surface area contributed by atoms with Crippen molar-refractivity contribution in [2.75, 3.05) is 12.4 Å². The second-order valence-electron chi connectivity index (χ2n) is 4.72. The number of rotatable bonds is 4. The zero-order chi connectivity index (χ0) is 14.7. The summed E-state index contributed by atoms with van der Waals surface area (Å²) < 4.78 is 19.2. The summed E-state index contributed by atoms with van der Waals surface area (Å²) in [5.41, 5.74) is 2.96. The topological polar surface area (TPSA) is 21.3 Å². The number of benzene rings is 2. The van der Waals surface area contributed by atoms with E-state index in [4.69, 9.17) is 4.74 Å². The zero-order valence-electron chi connectivity index (χ0n) is 11.7. The van der Waals surface area contributed by atoms with E-state index in [1.807, 2.05) is 25.1 Å². The van der Waals surface area contributed by atoms with Crippen LogP contribution in [0.4, 0.5) is 10.1 Å². The maximum atomic E-state index is 13.1. The standard InChI is InChI=1S/C16H17BrFNO/c1-10-8-13(18)5-6-15(10)19-11(2)12-4-7-16(20-3)14(17)9-12/h4-9,11,19H,1-3H3. The van der Waals surface area contributed by atoms with Crippen LogP contribution in [0.2, 0.25) is 0 Å². The molecule has 0 amide bonds. The normalized spacial score (nSPS) is 12.1. The fourth-order valence-electron chi connectivity index (χ4n) is 2.06. The Bertz CT molecular complexity index is 615. The van der Waals surface area contributed by atoms with E-state index >= 15 is 0 Å². The van der Waals surface area contributed by atoms with Crippen LogP contribution in [-0.4, -0.2) is 7.11 Å². The number of nitrogens with one attached hydrogen (secondary N) is 1. The van der Waals surface area contributed by atoms with E-state index in [0.29, 0.717) is 0 Å². The maximum Gasteiger partial charge on any atom is 0.133 e. The maximum absolute atomic E-state index is 13.1. The molecule has 0 aromatic heterocycles. The minimum absolute atomic E-state index is 0.112. The highest BCUT2D eigenvalue weighted by Crippen LogP contribution is 2.30. The molecular formula is C16H17BrFNO. The molecule has 106 valence electrons. The van der Waals surface area contributed by atoms with Crippen LogP contribution in [0.3, 0.4) is 0 Å². The average molecular weight is 338 g/mol. The van der Waals surface area contributed by atoms with Gasteiger partial charge in [-0.05, 0) is 71.2 Å². The Morgan fingerprint density at radius 1 is 1.20 bits per heavy atom. The summed E-state index contributed by atoms with van der Waals surface area (Å²) in [5, 5.41) is 3.39. The molecule has 0 saturated carbocycles. The third kappa shape index (κ3) is 3.31. The number of hydrogen-bond donors (Lipinski definition) is 1. The number of ether oxygens (including phenoxy) is 1. The van der Waals surface area contributed by atoms with Crippen LogP contribution < -0.4 is 10.1 Å². The van der Waals surface area contributed by atoms with E-state index in [2.05, 4.69) is 28.2 Å². The molecule has 0 spiro atoms. The first-order valence-electron chi connectivity index (χ1n) is 6.37. The number of anilines is 1. The Balaban J connectivity index is 2.19. The highest BCUT2D eigenvalue weighted by atomic mass is 79.9. The average Bonchev–Trinajstić information content (AvgIpc) is 2.41. The first-order chi connectivity index (χ1) is 9.51. The number of hydrogen-bond acceptors (Lipinski definition) is 2. The first-order valence-corrected chi connectivity index (χ1v) is 7.16. The van der Waals surface area contributed by atoms with Crippen LogP contribution >= 0.6 is 15.9 Å². The number of halogens is 2. The Hall–Kier alpha value is -1.55. The zero-order valence-corrected chi connectivity index (χ0v) is 13.3. The Morgan fingerprint density at radius 2 is 1.95 bits per heavy atom. The van der Waals surface area contributed by atoms with Gasteiger partial charge in [0.05, 0.1) is 11.6 Å². The molecule has 2 aromatic carbocycles. The number of methoxy groups -OCH3 is 1. The third-order valence-electron chi connectivity index (χ3n) is 3.24. The van der Waals surface area contributed by atoms with Crippen molar-refractivity contribution in [3.63, 3.8) is 0 Å². The molecule has 0 saturated heterocycles. The highest BCUT2D eigenvalue weighted by Gasteiger charge is 2.10. The van der Waals surface area contributed by atoms with Crippen molar-refractivity contribution in [1.82, 2.24) is 0 Å². The Labute approximate surface area is 127 Å². The van der Waals surface area contributed by atoms with Gasteiger partial charge >= 0.3 is 0 Å². The molecule has 0 heterocycles. The van der Waals surface area contributed by atoms with Crippen molar-refractivity contribution in [2.24, 2.45) is 0 Å². The Morgan fingerprint density at radius 3 is 2.55 bits per heavy atom. The molecule has 2 nitrogen and oxygen atoms in total. The second kappa shape index (κ2) is 6.27. The predicted molar refractivity (Wildman–Crippen MR) is 83.9 cm³/mol. The van der Waals surface area contributed by atoms with Gasteiger partial charge in [0.2, 0.25) is 0 Å². The van der Waals surface area contributed by atoms with Crippen LogP contribution in [-0.2, 0) is 0 Å². The van der Waals surface area contributed by atoms with Crippen LogP contribution in [0.1, 0.15) is 24.1 Å². The van der Waals surface area contributed by atoms with E-state index in [9.17, 15) is 4.39 Å². The van der Waals surface area contributed by atoms with E-state index in [1.54, 1.807) is 13.2 Å². The van der Waals surface area contributed by atoms with Gasteiger partial charge in [0.15, 0.2) is 0 Å². The van der Waals surface area contributed by atoms with Crippen molar-refractivity contribution in [1.29, 1.82) is 0 Å². The number of aryl methyl sites for hydroxylation is 1. The van der Waals surface area contributed by atoms with E-state index in [0.717, 1.165) is 27.0 Å². The molecule has 4 heteroatoms. The van der Waals surface area contributed by atoms with Crippen LogP contribution in [0.5, 0.6) is 5.75 Å². The molecule has 0 bridgehead atoms. The summed E-state index contributed by atoms with van der Waals surface area (Å²) in [6, 6.07) is 10.8. The predicted octanol–water partition coefficient (Wildman–Crippen LogP) is 5.08. The highest BCUT2D eigenvalue weighted by molar-refractivity contribution is 9.10. The van der Waals surface area contributed by atoms with Gasteiger partial charge in [-0.1, -0.05) is 6.07 Å². The monoisotopic (exact) mass is 337 g/mol. The lowest BCUT2D eigenvalue weighted by Crippen LogP contribution is -2.08. The minimum atomic E-state index is -0.215.